The van der Waals surface area contributed by atoms with Gasteiger partial charge in [-0.25, -0.2) is 10.4 Å². The van der Waals surface area contributed by atoms with Crippen LogP contribution in [0.4, 0.5) is 5.95 Å². The Bertz CT molecular complexity index is 708. The van der Waals surface area contributed by atoms with E-state index in [1.54, 1.807) is 13.1 Å². The molecule has 128 valence electrons. The molecule has 24 heavy (non-hydrogen) atoms. The van der Waals surface area contributed by atoms with E-state index in [2.05, 4.69) is 27.4 Å². The van der Waals surface area contributed by atoms with Crippen LogP contribution in [-0.4, -0.2) is 22.8 Å². The Labute approximate surface area is 142 Å². The number of rotatable bonds is 9. The number of aromatic amines is 1. The lowest BCUT2D eigenvalue weighted by Crippen LogP contribution is -2.10. The van der Waals surface area contributed by atoms with Gasteiger partial charge in [0.1, 0.15) is 5.75 Å². The second-order valence-electron chi connectivity index (χ2n) is 5.58. The van der Waals surface area contributed by atoms with Gasteiger partial charge in [-0.3, -0.25) is 9.78 Å². The van der Waals surface area contributed by atoms with E-state index in [0.717, 1.165) is 24.3 Å². The van der Waals surface area contributed by atoms with Crippen LogP contribution < -0.4 is 15.7 Å². The van der Waals surface area contributed by atoms with Crippen molar-refractivity contribution in [2.45, 2.75) is 39.5 Å². The summed E-state index contributed by atoms with van der Waals surface area (Å²) in [5.74, 6) is 1.18. The molecule has 6 nitrogen and oxygen atoms in total. The first-order valence-corrected chi connectivity index (χ1v) is 8.27. The minimum absolute atomic E-state index is 0.208. The zero-order chi connectivity index (χ0) is 17.2. The van der Waals surface area contributed by atoms with Gasteiger partial charge < -0.3 is 4.74 Å². The second kappa shape index (κ2) is 9.50. The number of nitrogens with one attached hydrogen (secondary N) is 2. The first kappa shape index (κ1) is 17.7. The van der Waals surface area contributed by atoms with E-state index in [0.29, 0.717) is 11.6 Å². The highest BCUT2D eigenvalue weighted by atomic mass is 16.5. The van der Waals surface area contributed by atoms with Crippen LogP contribution in [0.1, 0.15) is 43.9 Å². The molecule has 1 aromatic carbocycles. The maximum Gasteiger partial charge on any atom is 0.252 e. The molecule has 0 atom stereocenters. The topological polar surface area (TPSA) is 79.4 Å². The predicted molar refractivity (Wildman–Crippen MR) is 96.9 cm³/mol. The van der Waals surface area contributed by atoms with Gasteiger partial charge in [-0.05, 0) is 43.2 Å². The number of hydrogen-bond donors (Lipinski definition) is 2. The van der Waals surface area contributed by atoms with Crippen molar-refractivity contribution in [2.75, 3.05) is 12.0 Å². The fourth-order valence-electron chi connectivity index (χ4n) is 2.17. The molecule has 0 saturated heterocycles. The standard InChI is InChI=1S/C18H24N4O2/c1-3-4-5-6-11-24-16-9-7-15(8-10-16)13-19-22-18-20-14(2)12-17(23)21-18/h7-10,12-13H,3-6,11H2,1-2H3,(H2,20,21,22,23)/b19-13+. The molecule has 0 saturated carbocycles. The molecule has 6 heteroatoms. The molecule has 2 N–H and O–H groups in total. The molecular formula is C18H24N4O2. The largest absolute Gasteiger partial charge is 0.494 e. The highest BCUT2D eigenvalue weighted by Gasteiger charge is 1.96. The number of benzene rings is 1. The van der Waals surface area contributed by atoms with Crippen LogP contribution in [-0.2, 0) is 0 Å². The van der Waals surface area contributed by atoms with Gasteiger partial charge in [0, 0.05) is 11.8 Å². The summed E-state index contributed by atoms with van der Waals surface area (Å²) in [6.07, 6.45) is 6.44. The van der Waals surface area contributed by atoms with E-state index in [1.165, 1.54) is 25.3 Å². The number of unbranched alkanes of at least 4 members (excludes halogenated alkanes) is 3. The first-order chi connectivity index (χ1) is 11.7. The summed E-state index contributed by atoms with van der Waals surface area (Å²) in [7, 11) is 0. The molecule has 0 amide bonds. The van der Waals surface area contributed by atoms with E-state index >= 15 is 0 Å². The van der Waals surface area contributed by atoms with Gasteiger partial charge in [0.25, 0.3) is 5.56 Å². The average Bonchev–Trinajstić information content (AvgIpc) is 2.55. The van der Waals surface area contributed by atoms with Gasteiger partial charge in [-0.15, -0.1) is 0 Å². The number of H-pyrrole nitrogens is 1. The van der Waals surface area contributed by atoms with Crippen molar-refractivity contribution >= 4 is 12.2 Å². The van der Waals surface area contributed by atoms with Gasteiger partial charge in [0.05, 0.1) is 12.8 Å². The molecule has 0 bridgehead atoms. The number of aromatic nitrogens is 2. The van der Waals surface area contributed by atoms with E-state index in [1.807, 2.05) is 24.3 Å². The highest BCUT2D eigenvalue weighted by molar-refractivity contribution is 5.80. The quantitative estimate of drug-likeness (QED) is 0.419. The van der Waals surface area contributed by atoms with E-state index in [9.17, 15) is 4.79 Å². The van der Waals surface area contributed by atoms with Crippen LogP contribution in [0.5, 0.6) is 5.75 Å². The summed E-state index contributed by atoms with van der Waals surface area (Å²) < 4.78 is 5.70. The van der Waals surface area contributed by atoms with Crippen molar-refractivity contribution in [1.29, 1.82) is 0 Å². The van der Waals surface area contributed by atoms with Crippen molar-refractivity contribution in [3.8, 4) is 5.75 Å². The summed E-state index contributed by atoms with van der Waals surface area (Å²) in [5.41, 5.74) is 4.07. The fourth-order valence-corrected chi connectivity index (χ4v) is 2.17. The smallest absolute Gasteiger partial charge is 0.252 e. The zero-order valence-corrected chi connectivity index (χ0v) is 14.2. The lowest BCUT2D eigenvalue weighted by Gasteiger charge is -2.06. The number of hydrazone groups is 1. The maximum absolute atomic E-state index is 11.3. The van der Waals surface area contributed by atoms with Gasteiger partial charge in [0.15, 0.2) is 0 Å². The van der Waals surface area contributed by atoms with Crippen LogP contribution in [0.15, 0.2) is 40.2 Å². The number of hydrogen-bond acceptors (Lipinski definition) is 5. The molecule has 2 aromatic rings. The predicted octanol–water partition coefficient (Wildman–Crippen LogP) is 3.48. The lowest BCUT2D eigenvalue weighted by atomic mass is 10.2. The lowest BCUT2D eigenvalue weighted by molar-refractivity contribution is 0.305. The number of aryl methyl sites for hydroxylation is 1. The molecule has 0 aliphatic carbocycles. The monoisotopic (exact) mass is 328 g/mol. The van der Waals surface area contributed by atoms with Crippen molar-refractivity contribution in [3.63, 3.8) is 0 Å². The molecule has 0 aliphatic heterocycles. The van der Waals surface area contributed by atoms with Gasteiger partial charge >= 0.3 is 0 Å². The molecule has 0 aliphatic rings. The number of ether oxygens (including phenoxy) is 1. The molecule has 0 radical (unpaired) electrons. The minimum Gasteiger partial charge on any atom is -0.494 e. The third-order valence-electron chi connectivity index (χ3n) is 3.40. The van der Waals surface area contributed by atoms with E-state index in [-0.39, 0.29) is 5.56 Å². The van der Waals surface area contributed by atoms with Gasteiger partial charge in [-0.1, -0.05) is 26.2 Å². The summed E-state index contributed by atoms with van der Waals surface area (Å²) in [4.78, 5) is 18.0. The van der Waals surface area contributed by atoms with Crippen LogP contribution >= 0.6 is 0 Å². The molecule has 2 rings (SSSR count). The fraction of sp³-hybridized carbons (Fsp3) is 0.389. The normalized spacial score (nSPS) is 10.9. The summed E-state index contributed by atoms with van der Waals surface area (Å²) in [5, 5.41) is 4.07. The molecule has 0 unspecified atom stereocenters. The Morgan fingerprint density at radius 3 is 2.75 bits per heavy atom. The first-order valence-electron chi connectivity index (χ1n) is 8.27. The van der Waals surface area contributed by atoms with Crippen molar-refractivity contribution < 1.29 is 4.74 Å². The van der Waals surface area contributed by atoms with Crippen LogP contribution in [0.25, 0.3) is 0 Å². The van der Waals surface area contributed by atoms with Crippen LogP contribution in [0, 0.1) is 6.92 Å². The van der Waals surface area contributed by atoms with Crippen LogP contribution in [0.3, 0.4) is 0 Å². The third-order valence-corrected chi connectivity index (χ3v) is 3.40. The SMILES string of the molecule is CCCCCCOc1ccc(/C=N/Nc2nc(C)cc(=O)[nH]2)cc1. The molecular weight excluding hydrogens is 304 g/mol. The Hall–Kier alpha value is -2.63. The molecule has 0 fully saturated rings. The number of nitrogens with zero attached hydrogens (tertiary/aromatic N) is 2. The maximum atomic E-state index is 11.3. The summed E-state index contributed by atoms with van der Waals surface area (Å²) in [6, 6.07) is 9.13. The molecule has 1 aromatic heterocycles. The Balaban J connectivity index is 1.81. The van der Waals surface area contributed by atoms with Gasteiger partial charge in [0.2, 0.25) is 5.95 Å². The zero-order valence-electron chi connectivity index (χ0n) is 14.2. The summed E-state index contributed by atoms with van der Waals surface area (Å²) >= 11 is 0. The Kier molecular flexibility index (Phi) is 7.01. The van der Waals surface area contributed by atoms with Crippen molar-refractivity contribution in [2.24, 2.45) is 5.10 Å². The summed E-state index contributed by atoms with van der Waals surface area (Å²) in [6.45, 7) is 4.70. The van der Waals surface area contributed by atoms with Crippen LogP contribution in [0.2, 0.25) is 0 Å². The van der Waals surface area contributed by atoms with Crippen molar-refractivity contribution in [1.82, 2.24) is 9.97 Å². The number of anilines is 1. The third kappa shape index (κ3) is 6.24. The average molecular weight is 328 g/mol. The molecule has 0 spiro atoms. The van der Waals surface area contributed by atoms with E-state index < -0.39 is 0 Å². The Morgan fingerprint density at radius 1 is 1.25 bits per heavy atom. The minimum atomic E-state index is -0.208. The van der Waals surface area contributed by atoms with Gasteiger partial charge in [-0.2, -0.15) is 5.10 Å². The van der Waals surface area contributed by atoms with E-state index in [4.69, 9.17) is 4.74 Å². The molecule has 1 heterocycles. The Morgan fingerprint density at radius 2 is 2.04 bits per heavy atom. The second-order valence-corrected chi connectivity index (χ2v) is 5.58. The van der Waals surface area contributed by atoms with Crippen molar-refractivity contribution in [3.05, 3.63) is 51.9 Å². The highest BCUT2D eigenvalue weighted by Crippen LogP contribution is 2.12.